The first kappa shape index (κ1) is 15.0. The number of aryl methyl sites for hydroxylation is 1. The first-order chi connectivity index (χ1) is 9.66. The highest BCUT2D eigenvalue weighted by Gasteiger charge is 2.21. The van der Waals surface area contributed by atoms with Crippen LogP contribution in [-0.4, -0.2) is 11.9 Å². The van der Waals surface area contributed by atoms with E-state index in [2.05, 4.69) is 18.3 Å². The van der Waals surface area contributed by atoms with Crippen molar-refractivity contribution in [3.05, 3.63) is 35.4 Å². The Hall–Kier alpha value is -1.35. The van der Waals surface area contributed by atoms with Crippen LogP contribution >= 0.6 is 0 Å². The lowest BCUT2D eigenvalue weighted by atomic mass is 9.85. The van der Waals surface area contributed by atoms with Gasteiger partial charge in [-0.1, -0.05) is 56.4 Å². The Labute approximate surface area is 121 Å². The molecule has 1 amide bonds. The zero-order chi connectivity index (χ0) is 14.4. The molecule has 3 heteroatoms. The Morgan fingerprint density at radius 3 is 2.70 bits per heavy atom. The molecule has 0 aliphatic heterocycles. The summed E-state index contributed by atoms with van der Waals surface area (Å²) >= 11 is 0. The second-order valence-corrected chi connectivity index (χ2v) is 5.99. The molecule has 0 radical (unpaired) electrons. The average molecular weight is 274 g/mol. The summed E-state index contributed by atoms with van der Waals surface area (Å²) in [4.78, 5) is 12.1. The molecule has 0 aromatic heterocycles. The largest absolute Gasteiger partial charge is 0.351 e. The third kappa shape index (κ3) is 4.34. The fourth-order valence-electron chi connectivity index (χ4n) is 3.01. The van der Waals surface area contributed by atoms with E-state index in [1.807, 2.05) is 18.2 Å². The van der Waals surface area contributed by atoms with Crippen molar-refractivity contribution >= 4 is 5.91 Å². The van der Waals surface area contributed by atoms with Gasteiger partial charge in [0.05, 0.1) is 6.04 Å². The predicted molar refractivity (Wildman–Crippen MR) is 82.2 cm³/mol. The number of carbonyl (C=O) groups excluding carboxylic acids is 1. The Balaban J connectivity index is 1.77. The fourth-order valence-corrected chi connectivity index (χ4v) is 3.01. The van der Waals surface area contributed by atoms with Gasteiger partial charge in [-0.3, -0.25) is 4.79 Å². The molecule has 0 bridgehead atoms. The monoisotopic (exact) mass is 274 g/mol. The normalized spacial score (nSPS) is 17.7. The van der Waals surface area contributed by atoms with Gasteiger partial charge in [0.1, 0.15) is 0 Å². The molecule has 1 atom stereocenters. The Kier molecular flexibility index (Phi) is 5.60. The van der Waals surface area contributed by atoms with Gasteiger partial charge in [-0.25, -0.2) is 0 Å². The molecule has 20 heavy (non-hydrogen) atoms. The number of hydrogen-bond acceptors (Lipinski definition) is 2. The summed E-state index contributed by atoms with van der Waals surface area (Å²) in [7, 11) is 0. The summed E-state index contributed by atoms with van der Waals surface area (Å²) in [6, 6.07) is 7.75. The van der Waals surface area contributed by atoms with E-state index in [1.54, 1.807) is 0 Å². The average Bonchev–Trinajstić information content (AvgIpc) is 2.47. The first-order valence-corrected chi connectivity index (χ1v) is 7.74. The van der Waals surface area contributed by atoms with Crippen molar-refractivity contribution in [2.75, 3.05) is 0 Å². The molecule has 110 valence electrons. The highest BCUT2D eigenvalue weighted by Crippen LogP contribution is 2.26. The molecule has 2 rings (SSSR count). The molecule has 1 fully saturated rings. The van der Waals surface area contributed by atoms with Crippen molar-refractivity contribution in [2.24, 2.45) is 11.7 Å². The quantitative estimate of drug-likeness (QED) is 0.867. The lowest BCUT2D eigenvalue weighted by Gasteiger charge is -2.24. The molecule has 0 heterocycles. The van der Waals surface area contributed by atoms with Gasteiger partial charge in [0, 0.05) is 6.54 Å². The number of hydrogen-bond donors (Lipinski definition) is 2. The van der Waals surface area contributed by atoms with Crippen LogP contribution in [-0.2, 0) is 11.3 Å². The molecule has 3 N–H and O–H groups in total. The van der Waals surface area contributed by atoms with E-state index in [0.29, 0.717) is 12.5 Å². The van der Waals surface area contributed by atoms with Crippen LogP contribution in [0.3, 0.4) is 0 Å². The number of amides is 1. The summed E-state index contributed by atoms with van der Waals surface area (Å²) in [6.07, 6.45) is 7.23. The minimum atomic E-state index is -0.359. The topological polar surface area (TPSA) is 55.1 Å². The number of rotatable bonds is 5. The first-order valence-electron chi connectivity index (χ1n) is 7.74. The number of nitrogens with one attached hydrogen (secondary N) is 1. The summed E-state index contributed by atoms with van der Waals surface area (Å²) in [6.45, 7) is 2.63. The number of nitrogens with two attached hydrogens (primary N) is 1. The van der Waals surface area contributed by atoms with Crippen LogP contribution in [0.5, 0.6) is 0 Å². The van der Waals surface area contributed by atoms with Gasteiger partial charge in [0.25, 0.3) is 0 Å². The number of carbonyl (C=O) groups is 1. The SMILES string of the molecule is Cc1ccccc1CNC(=O)C(N)CC1CCCCC1. The van der Waals surface area contributed by atoms with Crippen molar-refractivity contribution in [3.8, 4) is 0 Å². The molecule has 1 aliphatic rings. The molecule has 1 saturated carbocycles. The van der Waals surface area contributed by atoms with Crippen LogP contribution in [0.4, 0.5) is 0 Å². The highest BCUT2D eigenvalue weighted by atomic mass is 16.2. The van der Waals surface area contributed by atoms with Crippen LogP contribution < -0.4 is 11.1 Å². The van der Waals surface area contributed by atoms with E-state index in [4.69, 9.17) is 5.73 Å². The standard InChI is InChI=1S/C17H26N2O/c1-13-7-5-6-10-15(13)12-19-17(20)16(18)11-14-8-3-2-4-9-14/h5-7,10,14,16H,2-4,8-9,11-12,18H2,1H3,(H,19,20). The van der Waals surface area contributed by atoms with Gasteiger partial charge in [-0.15, -0.1) is 0 Å². The predicted octanol–water partition coefficient (Wildman–Crippen LogP) is 2.91. The van der Waals surface area contributed by atoms with Crippen LogP contribution in [0.2, 0.25) is 0 Å². The third-order valence-corrected chi connectivity index (χ3v) is 4.36. The minimum Gasteiger partial charge on any atom is -0.351 e. The molecule has 0 spiro atoms. The van der Waals surface area contributed by atoms with Crippen molar-refractivity contribution in [2.45, 2.75) is 58.0 Å². The summed E-state index contributed by atoms with van der Waals surface area (Å²) < 4.78 is 0. The van der Waals surface area contributed by atoms with E-state index < -0.39 is 0 Å². The van der Waals surface area contributed by atoms with Gasteiger partial charge in [0.15, 0.2) is 0 Å². The second kappa shape index (κ2) is 7.44. The molecule has 1 aromatic carbocycles. The Bertz CT molecular complexity index is 438. The van der Waals surface area contributed by atoms with E-state index >= 15 is 0 Å². The van der Waals surface area contributed by atoms with E-state index in [1.165, 1.54) is 37.7 Å². The maximum absolute atomic E-state index is 12.1. The van der Waals surface area contributed by atoms with E-state index in [-0.39, 0.29) is 11.9 Å². The zero-order valence-corrected chi connectivity index (χ0v) is 12.4. The smallest absolute Gasteiger partial charge is 0.237 e. The van der Waals surface area contributed by atoms with Gasteiger partial charge in [-0.2, -0.15) is 0 Å². The Morgan fingerprint density at radius 2 is 2.00 bits per heavy atom. The van der Waals surface area contributed by atoms with Crippen LogP contribution in [0.1, 0.15) is 49.7 Å². The van der Waals surface area contributed by atoms with Gasteiger partial charge in [-0.05, 0) is 30.4 Å². The van der Waals surface area contributed by atoms with Gasteiger partial charge >= 0.3 is 0 Å². The van der Waals surface area contributed by atoms with Crippen molar-refractivity contribution in [1.82, 2.24) is 5.32 Å². The lowest BCUT2D eigenvalue weighted by Crippen LogP contribution is -2.41. The van der Waals surface area contributed by atoms with Gasteiger partial charge < -0.3 is 11.1 Å². The lowest BCUT2D eigenvalue weighted by molar-refractivity contribution is -0.122. The highest BCUT2D eigenvalue weighted by molar-refractivity contribution is 5.81. The molecular formula is C17H26N2O. The maximum Gasteiger partial charge on any atom is 0.237 e. The van der Waals surface area contributed by atoms with Crippen LogP contribution in [0.25, 0.3) is 0 Å². The molecule has 3 nitrogen and oxygen atoms in total. The number of benzene rings is 1. The Morgan fingerprint density at radius 1 is 1.30 bits per heavy atom. The van der Waals surface area contributed by atoms with Crippen molar-refractivity contribution in [3.63, 3.8) is 0 Å². The summed E-state index contributed by atoms with van der Waals surface area (Å²) in [5.74, 6) is 0.627. The van der Waals surface area contributed by atoms with Crippen LogP contribution in [0, 0.1) is 12.8 Å². The van der Waals surface area contributed by atoms with E-state index in [0.717, 1.165) is 12.0 Å². The van der Waals surface area contributed by atoms with Crippen LogP contribution in [0.15, 0.2) is 24.3 Å². The second-order valence-electron chi connectivity index (χ2n) is 5.99. The molecule has 1 aromatic rings. The third-order valence-electron chi connectivity index (χ3n) is 4.36. The fraction of sp³-hybridized carbons (Fsp3) is 0.588. The molecular weight excluding hydrogens is 248 g/mol. The molecule has 1 aliphatic carbocycles. The van der Waals surface area contributed by atoms with E-state index in [9.17, 15) is 4.79 Å². The summed E-state index contributed by atoms with van der Waals surface area (Å²) in [5, 5.41) is 2.97. The zero-order valence-electron chi connectivity index (χ0n) is 12.4. The van der Waals surface area contributed by atoms with Gasteiger partial charge in [0.2, 0.25) is 5.91 Å². The van der Waals surface area contributed by atoms with Crippen molar-refractivity contribution < 1.29 is 4.79 Å². The maximum atomic E-state index is 12.1. The minimum absolute atomic E-state index is 0.0150. The van der Waals surface area contributed by atoms with Crippen molar-refractivity contribution in [1.29, 1.82) is 0 Å². The molecule has 1 unspecified atom stereocenters. The summed E-state index contributed by atoms with van der Waals surface area (Å²) in [5.41, 5.74) is 8.40. The molecule has 0 saturated heterocycles.